The number of hydrogen-bond acceptors (Lipinski definition) is 4. The molecule has 2 N–H and O–H groups in total. The van der Waals surface area contributed by atoms with Crippen molar-refractivity contribution in [1.82, 2.24) is 5.32 Å². The van der Waals surface area contributed by atoms with Gasteiger partial charge in [-0.05, 0) is 43.5 Å². The molecule has 6 heteroatoms. The van der Waals surface area contributed by atoms with Crippen LogP contribution in [0.4, 0.5) is 0 Å². The highest BCUT2D eigenvalue weighted by Crippen LogP contribution is 2.30. The Balaban J connectivity index is 1.79. The number of aliphatic carboxylic acids is 1. The Hall–Kier alpha value is -2.37. The van der Waals surface area contributed by atoms with Crippen molar-refractivity contribution in [3.8, 4) is 5.75 Å². The Morgan fingerprint density at radius 1 is 1.12 bits per heavy atom. The molecule has 0 saturated heterocycles. The van der Waals surface area contributed by atoms with Crippen molar-refractivity contribution >= 4 is 17.7 Å². The normalized spacial score (nSPS) is 15.7. The summed E-state index contributed by atoms with van der Waals surface area (Å²) in [7, 11) is 1.56. The third kappa shape index (κ3) is 4.34. The molecule has 1 aliphatic carbocycles. The second kappa shape index (κ2) is 7.95. The van der Waals surface area contributed by atoms with Crippen molar-refractivity contribution in [2.45, 2.75) is 50.5 Å². The van der Waals surface area contributed by atoms with Gasteiger partial charge in [-0.1, -0.05) is 12.8 Å². The molecule has 6 nitrogen and oxygen atoms in total. The van der Waals surface area contributed by atoms with Gasteiger partial charge >= 0.3 is 5.97 Å². The smallest absolute Gasteiger partial charge is 0.329 e. The first kappa shape index (κ1) is 18.0. The van der Waals surface area contributed by atoms with Crippen LogP contribution >= 0.6 is 0 Å². The average Bonchev–Trinajstić information content (AvgIpc) is 3.04. The topological polar surface area (TPSA) is 92.7 Å². The number of carbonyl (C=O) groups excluding carboxylic acids is 2. The van der Waals surface area contributed by atoms with Gasteiger partial charge in [0.1, 0.15) is 11.3 Å². The number of ketones is 1. The van der Waals surface area contributed by atoms with Crippen molar-refractivity contribution in [1.29, 1.82) is 0 Å². The zero-order valence-corrected chi connectivity index (χ0v) is 13.8. The zero-order valence-electron chi connectivity index (χ0n) is 13.8. The number of ether oxygens (including phenoxy) is 1. The van der Waals surface area contributed by atoms with Gasteiger partial charge in [0.2, 0.25) is 5.91 Å². The SMILES string of the molecule is COc1ccc(C(=O)CCCC(=O)NC2(C(=O)O)CCCC2)cc1. The molecular weight excluding hydrogens is 310 g/mol. The van der Waals surface area contributed by atoms with Crippen molar-refractivity contribution in [2.75, 3.05) is 7.11 Å². The minimum Gasteiger partial charge on any atom is -0.497 e. The molecule has 0 radical (unpaired) electrons. The summed E-state index contributed by atoms with van der Waals surface area (Å²) in [5.74, 6) is -0.634. The van der Waals surface area contributed by atoms with Gasteiger partial charge in [0, 0.05) is 18.4 Å². The number of amides is 1. The van der Waals surface area contributed by atoms with Gasteiger partial charge in [-0.15, -0.1) is 0 Å². The lowest BCUT2D eigenvalue weighted by molar-refractivity contribution is -0.147. The molecule has 0 spiro atoms. The standard InChI is InChI=1S/C18H23NO5/c1-24-14-9-7-13(8-10-14)15(20)5-4-6-16(21)19-18(17(22)23)11-2-3-12-18/h7-10H,2-6,11-12H2,1H3,(H,19,21)(H,22,23). The molecule has 0 heterocycles. The van der Waals surface area contributed by atoms with E-state index in [1.807, 2.05) is 0 Å². The van der Waals surface area contributed by atoms with Gasteiger partial charge in [0.05, 0.1) is 7.11 Å². The van der Waals surface area contributed by atoms with E-state index >= 15 is 0 Å². The summed E-state index contributed by atoms with van der Waals surface area (Å²) in [4.78, 5) is 35.5. The molecule has 0 bridgehead atoms. The van der Waals surface area contributed by atoms with Crippen LogP contribution in [0, 0.1) is 0 Å². The third-order valence-electron chi connectivity index (χ3n) is 4.46. The van der Waals surface area contributed by atoms with Crippen LogP contribution in [0.5, 0.6) is 5.75 Å². The Morgan fingerprint density at radius 2 is 1.75 bits per heavy atom. The average molecular weight is 333 g/mol. The van der Waals surface area contributed by atoms with E-state index in [4.69, 9.17) is 4.74 Å². The molecule has 1 aliphatic rings. The van der Waals surface area contributed by atoms with Crippen LogP contribution in [-0.4, -0.2) is 35.4 Å². The highest BCUT2D eigenvalue weighted by molar-refractivity contribution is 5.96. The molecule has 2 rings (SSSR count). The van der Waals surface area contributed by atoms with Crippen LogP contribution in [0.25, 0.3) is 0 Å². The lowest BCUT2D eigenvalue weighted by Gasteiger charge is -2.25. The molecule has 0 atom stereocenters. The maximum atomic E-state index is 12.1. The summed E-state index contributed by atoms with van der Waals surface area (Å²) in [6, 6.07) is 6.83. The van der Waals surface area contributed by atoms with Crippen molar-refractivity contribution in [3.63, 3.8) is 0 Å². The number of Topliss-reactive ketones (excluding diaryl/α,β-unsaturated/α-hetero) is 1. The monoisotopic (exact) mass is 333 g/mol. The molecule has 0 unspecified atom stereocenters. The number of hydrogen-bond donors (Lipinski definition) is 2. The van der Waals surface area contributed by atoms with Crippen molar-refractivity contribution in [2.24, 2.45) is 0 Å². The number of rotatable bonds is 8. The molecule has 1 amide bonds. The number of carbonyl (C=O) groups is 3. The molecular formula is C18H23NO5. The van der Waals surface area contributed by atoms with Gasteiger partial charge in [-0.25, -0.2) is 4.79 Å². The van der Waals surface area contributed by atoms with Gasteiger partial charge < -0.3 is 15.2 Å². The van der Waals surface area contributed by atoms with E-state index < -0.39 is 11.5 Å². The first-order valence-electron chi connectivity index (χ1n) is 8.18. The van der Waals surface area contributed by atoms with Gasteiger partial charge in [-0.2, -0.15) is 0 Å². The molecule has 130 valence electrons. The second-order valence-electron chi connectivity index (χ2n) is 6.15. The first-order chi connectivity index (χ1) is 11.5. The molecule has 1 saturated carbocycles. The summed E-state index contributed by atoms with van der Waals surface area (Å²) in [5.41, 5.74) is -0.536. The summed E-state index contributed by atoms with van der Waals surface area (Å²) in [6.07, 6.45) is 3.35. The number of nitrogens with one attached hydrogen (secondary N) is 1. The fraction of sp³-hybridized carbons (Fsp3) is 0.500. The fourth-order valence-corrected chi connectivity index (χ4v) is 3.03. The molecule has 1 aromatic rings. The lowest BCUT2D eigenvalue weighted by Crippen LogP contribution is -2.52. The third-order valence-corrected chi connectivity index (χ3v) is 4.46. The van der Waals surface area contributed by atoms with Gasteiger partial charge in [0.15, 0.2) is 5.78 Å². The number of carboxylic acids is 1. The van der Waals surface area contributed by atoms with Crippen LogP contribution in [-0.2, 0) is 9.59 Å². The van der Waals surface area contributed by atoms with Gasteiger partial charge in [-0.3, -0.25) is 9.59 Å². The van der Waals surface area contributed by atoms with E-state index in [9.17, 15) is 19.5 Å². The molecule has 0 aromatic heterocycles. The number of carboxylic acid groups (broad SMARTS) is 1. The Bertz CT molecular complexity index is 602. The quantitative estimate of drug-likeness (QED) is 0.713. The predicted molar refractivity (Wildman–Crippen MR) is 88.2 cm³/mol. The van der Waals surface area contributed by atoms with Crippen molar-refractivity contribution < 1.29 is 24.2 Å². The van der Waals surface area contributed by atoms with Crippen LogP contribution in [0.1, 0.15) is 55.3 Å². The maximum absolute atomic E-state index is 12.1. The highest BCUT2D eigenvalue weighted by atomic mass is 16.5. The maximum Gasteiger partial charge on any atom is 0.329 e. The van der Waals surface area contributed by atoms with Crippen molar-refractivity contribution in [3.05, 3.63) is 29.8 Å². The van der Waals surface area contributed by atoms with Crippen LogP contribution in [0.2, 0.25) is 0 Å². The van der Waals surface area contributed by atoms with E-state index in [1.165, 1.54) is 0 Å². The van der Waals surface area contributed by atoms with E-state index in [0.29, 0.717) is 30.6 Å². The fourth-order valence-electron chi connectivity index (χ4n) is 3.03. The highest BCUT2D eigenvalue weighted by Gasteiger charge is 2.42. The minimum absolute atomic E-state index is 0.0423. The number of benzene rings is 1. The van der Waals surface area contributed by atoms with Gasteiger partial charge in [0.25, 0.3) is 0 Å². The second-order valence-corrected chi connectivity index (χ2v) is 6.15. The first-order valence-corrected chi connectivity index (χ1v) is 8.18. The Labute approximate surface area is 141 Å². The molecule has 1 aromatic carbocycles. The summed E-state index contributed by atoms with van der Waals surface area (Å²) in [5, 5.41) is 12.0. The summed E-state index contributed by atoms with van der Waals surface area (Å²) < 4.78 is 5.04. The van der Waals surface area contributed by atoms with Crippen LogP contribution in [0.3, 0.4) is 0 Å². The zero-order chi connectivity index (χ0) is 17.6. The molecule has 24 heavy (non-hydrogen) atoms. The van der Waals surface area contributed by atoms with E-state index in [2.05, 4.69) is 5.32 Å². The Morgan fingerprint density at radius 3 is 2.29 bits per heavy atom. The Kier molecular flexibility index (Phi) is 5.95. The van der Waals surface area contributed by atoms with Crippen LogP contribution < -0.4 is 10.1 Å². The lowest BCUT2D eigenvalue weighted by atomic mass is 9.97. The summed E-state index contributed by atoms with van der Waals surface area (Å²) in [6.45, 7) is 0. The number of methoxy groups -OCH3 is 1. The molecule has 0 aliphatic heterocycles. The largest absolute Gasteiger partial charge is 0.497 e. The minimum atomic E-state index is -1.11. The summed E-state index contributed by atoms with van der Waals surface area (Å²) >= 11 is 0. The predicted octanol–water partition coefficient (Wildman–Crippen LogP) is 2.56. The van der Waals surface area contributed by atoms with E-state index in [0.717, 1.165) is 12.8 Å². The van der Waals surface area contributed by atoms with E-state index in [-0.39, 0.29) is 24.5 Å². The van der Waals surface area contributed by atoms with Crippen LogP contribution in [0.15, 0.2) is 24.3 Å². The van der Waals surface area contributed by atoms with E-state index in [1.54, 1.807) is 31.4 Å². The molecule has 1 fully saturated rings.